The smallest absolute Gasteiger partial charge is 0.194 e. The lowest BCUT2D eigenvalue weighted by molar-refractivity contribution is 0.852. The van der Waals surface area contributed by atoms with Crippen molar-refractivity contribution < 1.29 is 0 Å². The third-order valence-electron chi connectivity index (χ3n) is 3.36. The summed E-state index contributed by atoms with van der Waals surface area (Å²) in [4.78, 5) is 12.8. The van der Waals surface area contributed by atoms with Gasteiger partial charge in [0.1, 0.15) is 0 Å². The number of hydrogen-bond acceptors (Lipinski definition) is 2. The normalized spacial score (nSPS) is 10.3. The zero-order valence-corrected chi connectivity index (χ0v) is 12.4. The van der Waals surface area contributed by atoms with Crippen LogP contribution < -0.4 is 10.3 Å². The van der Waals surface area contributed by atoms with Gasteiger partial charge in [-0.15, -0.1) is 0 Å². The number of aryl methyl sites for hydroxylation is 1. The molecular weight excluding hydrogens is 246 g/mol. The van der Waals surface area contributed by atoms with E-state index in [0.717, 1.165) is 17.3 Å². The fourth-order valence-corrected chi connectivity index (χ4v) is 2.16. The van der Waals surface area contributed by atoms with E-state index in [1.54, 1.807) is 0 Å². The summed E-state index contributed by atoms with van der Waals surface area (Å²) in [5.41, 5.74) is 2.86. The van der Waals surface area contributed by atoms with Crippen molar-refractivity contribution in [3.05, 3.63) is 64.3 Å². The predicted molar refractivity (Wildman–Crippen MR) is 87.3 cm³/mol. The van der Waals surface area contributed by atoms with Gasteiger partial charge in [0.25, 0.3) is 0 Å². The van der Waals surface area contributed by atoms with E-state index in [-0.39, 0.29) is 5.43 Å². The lowest BCUT2D eigenvalue weighted by Crippen LogP contribution is -2.17. The highest BCUT2D eigenvalue weighted by Gasteiger charge is 2.07. The number of benzene rings is 2. The van der Waals surface area contributed by atoms with Crippen LogP contribution in [0, 0.1) is 6.92 Å². The van der Waals surface area contributed by atoms with Gasteiger partial charge in [0.2, 0.25) is 0 Å². The third-order valence-corrected chi connectivity index (χ3v) is 3.36. The van der Waals surface area contributed by atoms with Crippen molar-refractivity contribution in [3.8, 4) is 0 Å². The second kappa shape index (κ2) is 6.38. The van der Waals surface area contributed by atoms with Gasteiger partial charge in [-0.2, -0.15) is 0 Å². The van der Waals surface area contributed by atoms with Crippen LogP contribution >= 0.6 is 0 Å². The number of fused-ring (bicyclic) bond motifs is 1. The van der Waals surface area contributed by atoms with Gasteiger partial charge in [-0.05, 0) is 31.0 Å². The standard InChI is InChI=1S/C11H17N.C7H4O/c1-4-8-12(3)11-7-5-6-10(2)9-11;8-7-5-3-1-2-4-6(5)7/h5-7,9H,4,8H2,1-3H3;1-4H. The molecule has 104 valence electrons. The molecule has 3 aromatic rings. The first-order valence-corrected chi connectivity index (χ1v) is 7.05. The molecule has 0 saturated heterocycles. The van der Waals surface area contributed by atoms with Crippen molar-refractivity contribution in [2.24, 2.45) is 0 Å². The van der Waals surface area contributed by atoms with Gasteiger partial charge < -0.3 is 4.90 Å². The van der Waals surface area contributed by atoms with Crippen molar-refractivity contribution in [1.82, 2.24) is 0 Å². The Morgan fingerprint density at radius 1 is 1.00 bits per heavy atom. The summed E-state index contributed by atoms with van der Waals surface area (Å²) in [6.07, 6.45) is 1.20. The molecule has 0 saturated carbocycles. The highest BCUT2D eigenvalue weighted by atomic mass is 16.1. The average Bonchev–Trinajstić information content (AvgIpc) is 3.11. The van der Waals surface area contributed by atoms with E-state index in [1.165, 1.54) is 17.7 Å². The van der Waals surface area contributed by atoms with E-state index < -0.39 is 0 Å². The first-order valence-electron chi connectivity index (χ1n) is 7.05. The molecule has 0 unspecified atom stereocenters. The molecule has 0 bridgehead atoms. The number of nitrogens with zero attached hydrogens (tertiary/aromatic N) is 1. The van der Waals surface area contributed by atoms with Crippen molar-refractivity contribution in [3.63, 3.8) is 0 Å². The van der Waals surface area contributed by atoms with E-state index in [0.29, 0.717) is 0 Å². The molecule has 0 aliphatic rings. The molecule has 0 amide bonds. The van der Waals surface area contributed by atoms with Crippen LogP contribution in [0.2, 0.25) is 0 Å². The van der Waals surface area contributed by atoms with Crippen LogP contribution in [0.15, 0.2) is 53.3 Å². The Hall–Kier alpha value is -2.09. The zero-order valence-electron chi connectivity index (χ0n) is 12.4. The van der Waals surface area contributed by atoms with Gasteiger partial charge in [0.05, 0.1) is 0 Å². The zero-order chi connectivity index (χ0) is 14.5. The second-order valence-corrected chi connectivity index (χ2v) is 5.14. The van der Waals surface area contributed by atoms with Gasteiger partial charge >= 0.3 is 0 Å². The predicted octanol–water partition coefficient (Wildman–Crippen LogP) is 3.92. The first kappa shape index (κ1) is 14.3. The van der Waals surface area contributed by atoms with Gasteiger partial charge in [0.15, 0.2) is 5.43 Å². The highest BCUT2D eigenvalue weighted by molar-refractivity contribution is 5.96. The minimum absolute atomic E-state index is 0.218. The molecule has 20 heavy (non-hydrogen) atoms. The SMILES string of the molecule is CCCN(C)c1cccc(C)c1.O=c1c2ccccc12. The van der Waals surface area contributed by atoms with Crippen molar-refractivity contribution in [2.75, 3.05) is 18.5 Å². The van der Waals surface area contributed by atoms with E-state index in [1.807, 2.05) is 24.3 Å². The Bertz CT molecular complexity index is 661. The van der Waals surface area contributed by atoms with Crippen LogP contribution in [0.1, 0.15) is 18.9 Å². The summed E-state index contributed by atoms with van der Waals surface area (Å²) in [5, 5.41) is 1.79. The van der Waals surface area contributed by atoms with Crippen LogP contribution in [-0.2, 0) is 0 Å². The summed E-state index contributed by atoms with van der Waals surface area (Å²) in [6.45, 7) is 5.46. The first-order chi connectivity index (χ1) is 9.63. The summed E-state index contributed by atoms with van der Waals surface area (Å²) in [5.74, 6) is 0. The Morgan fingerprint density at radius 2 is 1.65 bits per heavy atom. The maximum atomic E-state index is 10.5. The molecule has 0 N–H and O–H groups in total. The molecule has 3 rings (SSSR count). The molecule has 0 fully saturated rings. The molecule has 3 aromatic carbocycles. The van der Waals surface area contributed by atoms with E-state index in [4.69, 9.17) is 0 Å². The van der Waals surface area contributed by atoms with Crippen LogP contribution in [-0.4, -0.2) is 13.6 Å². The lowest BCUT2D eigenvalue weighted by Gasteiger charge is -2.18. The second-order valence-electron chi connectivity index (χ2n) is 5.14. The Balaban J connectivity index is 0.000000157. The summed E-state index contributed by atoms with van der Waals surface area (Å²) < 4.78 is 0. The average molecular weight is 267 g/mol. The van der Waals surface area contributed by atoms with Crippen LogP contribution in [0.3, 0.4) is 0 Å². The van der Waals surface area contributed by atoms with Gasteiger partial charge in [0, 0.05) is 30.1 Å². The van der Waals surface area contributed by atoms with Gasteiger partial charge in [-0.25, -0.2) is 0 Å². The number of anilines is 1. The summed E-state index contributed by atoms with van der Waals surface area (Å²) >= 11 is 0. The highest BCUT2D eigenvalue weighted by Crippen LogP contribution is 2.14. The molecule has 2 nitrogen and oxygen atoms in total. The fourth-order valence-electron chi connectivity index (χ4n) is 2.16. The fraction of sp³-hybridized carbons (Fsp3) is 0.278. The Morgan fingerprint density at radius 3 is 2.15 bits per heavy atom. The quantitative estimate of drug-likeness (QED) is 0.717. The van der Waals surface area contributed by atoms with Crippen LogP contribution in [0.25, 0.3) is 10.8 Å². The Labute approximate surface area is 120 Å². The largest absolute Gasteiger partial charge is 0.375 e. The van der Waals surface area contributed by atoms with Crippen LogP contribution in [0.5, 0.6) is 0 Å². The number of rotatable bonds is 3. The summed E-state index contributed by atoms with van der Waals surface area (Å²) in [6, 6.07) is 16.1. The molecule has 0 atom stereocenters. The molecule has 0 radical (unpaired) electrons. The molecular formula is C18H21NO. The third kappa shape index (κ3) is 3.47. The van der Waals surface area contributed by atoms with E-state index in [9.17, 15) is 4.79 Å². The molecule has 2 heteroatoms. The van der Waals surface area contributed by atoms with Crippen molar-refractivity contribution >= 4 is 16.5 Å². The minimum atomic E-state index is 0.218. The molecule has 0 aliphatic carbocycles. The van der Waals surface area contributed by atoms with Crippen LogP contribution in [0.4, 0.5) is 5.69 Å². The van der Waals surface area contributed by atoms with E-state index >= 15 is 0 Å². The van der Waals surface area contributed by atoms with Gasteiger partial charge in [-0.3, -0.25) is 4.79 Å². The van der Waals surface area contributed by atoms with E-state index in [2.05, 4.69) is 50.1 Å². The maximum absolute atomic E-state index is 10.5. The van der Waals surface area contributed by atoms with Gasteiger partial charge in [-0.1, -0.05) is 43.3 Å². The molecule has 0 aliphatic heterocycles. The van der Waals surface area contributed by atoms with Crippen molar-refractivity contribution in [2.45, 2.75) is 20.3 Å². The molecule has 0 spiro atoms. The number of hydrogen-bond donors (Lipinski definition) is 0. The maximum Gasteiger partial charge on any atom is 0.194 e. The minimum Gasteiger partial charge on any atom is -0.375 e. The topological polar surface area (TPSA) is 20.3 Å². The summed E-state index contributed by atoms with van der Waals surface area (Å²) in [7, 11) is 2.14. The van der Waals surface area contributed by atoms with Crippen molar-refractivity contribution in [1.29, 1.82) is 0 Å². The molecule has 0 heterocycles. The lowest BCUT2D eigenvalue weighted by atomic mass is 10.2. The molecule has 0 aromatic heterocycles. The monoisotopic (exact) mass is 267 g/mol. The Kier molecular flexibility index (Phi) is 4.57.